The molecule has 4 aromatic rings. The summed E-state index contributed by atoms with van der Waals surface area (Å²) in [4.78, 5) is 15.0. The Kier molecular flexibility index (Phi) is 4.28. The standard InChI is InChI=1S/C22H19BrN4O/c1-28-16-6-3-14(4-7-16)21-20-17(18-13-15(23)5-8-19(18)26-20)9-12-27(21)22-24-10-2-11-25-22/h2-8,10-11,13,21,26H,9,12H2,1H3. The van der Waals surface area contributed by atoms with E-state index in [1.807, 2.05) is 18.2 Å². The zero-order chi connectivity index (χ0) is 19.1. The van der Waals surface area contributed by atoms with Crippen LogP contribution in [0.25, 0.3) is 10.9 Å². The lowest BCUT2D eigenvalue weighted by molar-refractivity contribution is 0.414. The Morgan fingerprint density at radius 3 is 2.64 bits per heavy atom. The molecule has 2 aromatic carbocycles. The van der Waals surface area contributed by atoms with Crippen LogP contribution < -0.4 is 9.64 Å². The summed E-state index contributed by atoms with van der Waals surface area (Å²) < 4.78 is 6.44. The predicted octanol–water partition coefficient (Wildman–Crippen LogP) is 4.88. The SMILES string of the molecule is COc1ccc(C2c3[nH]c4ccc(Br)cc4c3CCN2c2ncccn2)cc1. The Balaban J connectivity index is 1.70. The molecule has 5 rings (SSSR count). The molecule has 1 atom stereocenters. The van der Waals surface area contributed by atoms with Crippen molar-refractivity contribution < 1.29 is 4.74 Å². The lowest BCUT2D eigenvalue weighted by Gasteiger charge is -2.36. The second-order valence-corrected chi connectivity index (χ2v) is 7.79. The second kappa shape index (κ2) is 6.95. The van der Waals surface area contributed by atoms with Gasteiger partial charge in [0.15, 0.2) is 0 Å². The number of aromatic nitrogens is 3. The fourth-order valence-corrected chi connectivity index (χ4v) is 4.41. The van der Waals surface area contributed by atoms with E-state index in [-0.39, 0.29) is 6.04 Å². The summed E-state index contributed by atoms with van der Waals surface area (Å²) in [6.07, 6.45) is 4.53. The Morgan fingerprint density at radius 1 is 1.11 bits per heavy atom. The highest BCUT2D eigenvalue weighted by molar-refractivity contribution is 9.10. The largest absolute Gasteiger partial charge is 0.497 e. The van der Waals surface area contributed by atoms with E-state index in [9.17, 15) is 0 Å². The first-order valence-electron chi connectivity index (χ1n) is 9.22. The third-order valence-corrected chi connectivity index (χ3v) is 5.82. The fourth-order valence-electron chi connectivity index (χ4n) is 4.05. The summed E-state index contributed by atoms with van der Waals surface area (Å²) in [6, 6.07) is 16.5. The molecule has 1 N–H and O–H groups in total. The average Bonchev–Trinajstić information content (AvgIpc) is 3.11. The molecule has 1 unspecified atom stereocenters. The fraction of sp³-hybridized carbons (Fsp3) is 0.182. The molecule has 5 nitrogen and oxygen atoms in total. The van der Waals surface area contributed by atoms with Crippen molar-refractivity contribution in [1.82, 2.24) is 15.0 Å². The van der Waals surface area contributed by atoms with Crippen LogP contribution in [-0.4, -0.2) is 28.6 Å². The molecule has 6 heteroatoms. The molecule has 1 aliphatic heterocycles. The van der Waals surface area contributed by atoms with Crippen LogP contribution >= 0.6 is 15.9 Å². The minimum absolute atomic E-state index is 0.0169. The predicted molar refractivity (Wildman–Crippen MR) is 114 cm³/mol. The van der Waals surface area contributed by atoms with Gasteiger partial charge in [-0.15, -0.1) is 0 Å². The molecule has 0 radical (unpaired) electrons. The first kappa shape index (κ1) is 17.3. The van der Waals surface area contributed by atoms with Gasteiger partial charge in [0, 0.05) is 40.0 Å². The van der Waals surface area contributed by atoms with Gasteiger partial charge in [-0.05, 0) is 53.9 Å². The third-order valence-electron chi connectivity index (χ3n) is 5.33. The molecule has 0 saturated carbocycles. The Hall–Kier alpha value is -2.86. The zero-order valence-corrected chi connectivity index (χ0v) is 17.0. The molecule has 0 amide bonds. The van der Waals surface area contributed by atoms with Gasteiger partial charge in [0.05, 0.1) is 13.2 Å². The average molecular weight is 435 g/mol. The summed E-state index contributed by atoms with van der Waals surface area (Å²) in [5.74, 6) is 1.59. The molecular formula is C22H19BrN4O. The summed E-state index contributed by atoms with van der Waals surface area (Å²) in [6.45, 7) is 0.854. The van der Waals surface area contributed by atoms with E-state index in [1.165, 1.54) is 22.2 Å². The molecule has 0 bridgehead atoms. The minimum Gasteiger partial charge on any atom is -0.497 e. The molecule has 0 spiro atoms. The molecule has 28 heavy (non-hydrogen) atoms. The number of hydrogen-bond donors (Lipinski definition) is 1. The van der Waals surface area contributed by atoms with Crippen LogP contribution in [0.15, 0.2) is 65.4 Å². The molecular weight excluding hydrogens is 416 g/mol. The third kappa shape index (κ3) is 2.85. The van der Waals surface area contributed by atoms with Crippen molar-refractivity contribution in [2.24, 2.45) is 0 Å². The number of fused-ring (bicyclic) bond motifs is 3. The molecule has 2 aromatic heterocycles. The van der Waals surface area contributed by atoms with Gasteiger partial charge in [-0.2, -0.15) is 0 Å². The van der Waals surface area contributed by atoms with E-state index < -0.39 is 0 Å². The van der Waals surface area contributed by atoms with Gasteiger partial charge in [-0.1, -0.05) is 28.1 Å². The maximum absolute atomic E-state index is 5.35. The van der Waals surface area contributed by atoms with Crippen molar-refractivity contribution in [3.8, 4) is 5.75 Å². The highest BCUT2D eigenvalue weighted by Gasteiger charge is 2.33. The van der Waals surface area contributed by atoms with Gasteiger partial charge in [-0.3, -0.25) is 0 Å². The van der Waals surface area contributed by atoms with Crippen molar-refractivity contribution in [3.63, 3.8) is 0 Å². The maximum Gasteiger partial charge on any atom is 0.226 e. The number of aromatic amines is 1. The number of H-pyrrole nitrogens is 1. The molecule has 0 aliphatic carbocycles. The topological polar surface area (TPSA) is 54.0 Å². The molecule has 1 aliphatic rings. The lowest BCUT2D eigenvalue weighted by Crippen LogP contribution is -2.37. The van der Waals surface area contributed by atoms with Crippen LogP contribution in [0.2, 0.25) is 0 Å². The highest BCUT2D eigenvalue weighted by Crippen LogP contribution is 2.40. The normalized spacial score (nSPS) is 16.2. The molecule has 0 fully saturated rings. The smallest absolute Gasteiger partial charge is 0.226 e. The highest BCUT2D eigenvalue weighted by atomic mass is 79.9. The van der Waals surface area contributed by atoms with Crippen LogP contribution in [0.5, 0.6) is 5.75 Å². The lowest BCUT2D eigenvalue weighted by atomic mass is 9.92. The maximum atomic E-state index is 5.35. The number of halogens is 1. The van der Waals surface area contributed by atoms with Crippen LogP contribution in [0.3, 0.4) is 0 Å². The number of nitrogens with one attached hydrogen (secondary N) is 1. The van der Waals surface area contributed by atoms with E-state index in [0.717, 1.165) is 34.7 Å². The van der Waals surface area contributed by atoms with Crippen molar-refractivity contribution in [3.05, 3.63) is 82.2 Å². The number of rotatable bonds is 3. The number of benzene rings is 2. The van der Waals surface area contributed by atoms with Crippen LogP contribution in [0, 0.1) is 0 Å². The van der Waals surface area contributed by atoms with Crippen molar-refractivity contribution in [2.75, 3.05) is 18.6 Å². The molecule has 140 valence electrons. The van der Waals surface area contributed by atoms with Gasteiger partial charge in [-0.25, -0.2) is 9.97 Å². The van der Waals surface area contributed by atoms with Crippen LogP contribution in [0.1, 0.15) is 22.9 Å². The second-order valence-electron chi connectivity index (χ2n) is 6.88. The van der Waals surface area contributed by atoms with E-state index in [0.29, 0.717) is 0 Å². The summed E-state index contributed by atoms with van der Waals surface area (Å²) >= 11 is 3.61. The summed E-state index contributed by atoms with van der Waals surface area (Å²) in [5, 5.41) is 1.27. The van der Waals surface area contributed by atoms with Gasteiger partial charge in [0.2, 0.25) is 5.95 Å². The van der Waals surface area contributed by atoms with Crippen molar-refractivity contribution >= 4 is 32.8 Å². The summed E-state index contributed by atoms with van der Waals surface area (Å²) in [7, 11) is 1.69. The quantitative estimate of drug-likeness (QED) is 0.499. The summed E-state index contributed by atoms with van der Waals surface area (Å²) in [5.41, 5.74) is 4.91. The number of hydrogen-bond acceptors (Lipinski definition) is 4. The first-order chi connectivity index (χ1) is 13.7. The van der Waals surface area contributed by atoms with Crippen molar-refractivity contribution in [2.45, 2.75) is 12.5 Å². The van der Waals surface area contributed by atoms with Crippen LogP contribution in [-0.2, 0) is 6.42 Å². The van der Waals surface area contributed by atoms with E-state index in [4.69, 9.17) is 4.74 Å². The molecule has 3 heterocycles. The Morgan fingerprint density at radius 2 is 1.89 bits per heavy atom. The van der Waals surface area contributed by atoms with E-state index >= 15 is 0 Å². The van der Waals surface area contributed by atoms with Gasteiger partial charge < -0.3 is 14.6 Å². The van der Waals surface area contributed by atoms with E-state index in [2.05, 4.69) is 66.1 Å². The zero-order valence-electron chi connectivity index (χ0n) is 15.4. The Bertz CT molecular complexity index is 1120. The number of methoxy groups -OCH3 is 1. The Labute approximate surface area is 171 Å². The van der Waals surface area contributed by atoms with Gasteiger partial charge in [0.25, 0.3) is 0 Å². The number of ether oxygens (including phenoxy) is 1. The number of anilines is 1. The van der Waals surface area contributed by atoms with Gasteiger partial charge in [0.1, 0.15) is 5.75 Å². The molecule has 0 saturated heterocycles. The minimum atomic E-state index is 0.0169. The monoisotopic (exact) mass is 434 g/mol. The number of nitrogens with zero attached hydrogens (tertiary/aromatic N) is 3. The van der Waals surface area contributed by atoms with Gasteiger partial charge >= 0.3 is 0 Å². The van der Waals surface area contributed by atoms with E-state index in [1.54, 1.807) is 19.5 Å². The van der Waals surface area contributed by atoms with Crippen LogP contribution in [0.4, 0.5) is 5.95 Å². The van der Waals surface area contributed by atoms with Crippen molar-refractivity contribution in [1.29, 1.82) is 0 Å². The first-order valence-corrected chi connectivity index (χ1v) is 10.0.